The van der Waals surface area contributed by atoms with E-state index in [0.29, 0.717) is 0 Å². The van der Waals surface area contributed by atoms with Crippen LogP contribution in [0.3, 0.4) is 0 Å². The Kier molecular flexibility index (Phi) is 1.98. The molecule has 0 aliphatic rings. The van der Waals surface area contributed by atoms with Crippen molar-refractivity contribution in [3.63, 3.8) is 0 Å². The molecule has 0 aliphatic carbocycles. The molecule has 3 heterocycles. The fraction of sp³-hybridized carbons (Fsp3) is 0. The van der Waals surface area contributed by atoms with Crippen molar-refractivity contribution >= 4 is 38.0 Å². The van der Waals surface area contributed by atoms with Crippen LogP contribution in [0.15, 0.2) is 77.7 Å². The number of pyridine rings is 2. The average molecular weight is 270 g/mol. The molecule has 0 fully saturated rings. The van der Waals surface area contributed by atoms with Gasteiger partial charge in [-0.3, -0.25) is 0 Å². The molecular weight excluding hydrogens is 258 g/mol. The highest BCUT2D eigenvalue weighted by Crippen LogP contribution is 2.26. The second-order valence-corrected chi connectivity index (χ2v) is 5.41. The van der Waals surface area contributed by atoms with Crippen molar-refractivity contribution in [2.24, 2.45) is 0 Å². The normalized spacial score (nSPS) is 11.8. The van der Waals surface area contributed by atoms with Crippen molar-refractivity contribution in [1.82, 2.24) is 0 Å². The third-order valence-electron chi connectivity index (χ3n) is 4.16. The topological polar surface area (TPSA) is 17.2 Å². The summed E-state index contributed by atoms with van der Waals surface area (Å²) in [5.74, 6) is 0. The third kappa shape index (κ3) is 1.50. The zero-order valence-electron chi connectivity index (χ0n) is 11.3. The summed E-state index contributed by atoms with van der Waals surface area (Å²) in [5, 5.41) is 6.10. The molecule has 98 valence electrons. The van der Waals surface area contributed by atoms with E-state index in [-0.39, 0.29) is 0 Å². The Hall–Kier alpha value is -2.87. The first-order valence-electron chi connectivity index (χ1n) is 7.02. The molecule has 0 bridgehead atoms. The van der Waals surface area contributed by atoms with E-state index in [0.717, 1.165) is 11.0 Å². The zero-order valence-corrected chi connectivity index (χ0v) is 11.3. The average Bonchev–Trinajstić information content (AvgIpc) is 2.98. The van der Waals surface area contributed by atoms with Crippen molar-refractivity contribution in [3.05, 3.63) is 73.3 Å². The monoisotopic (exact) mass is 270 g/mol. The van der Waals surface area contributed by atoms with Crippen LogP contribution in [-0.4, -0.2) is 0 Å². The Bertz CT molecular complexity index is 1140. The van der Waals surface area contributed by atoms with E-state index in [4.69, 9.17) is 4.42 Å². The summed E-state index contributed by atoms with van der Waals surface area (Å²) in [7, 11) is 0. The van der Waals surface area contributed by atoms with Crippen LogP contribution in [0.5, 0.6) is 0 Å². The molecule has 2 aromatic carbocycles. The Labute approximate surface area is 120 Å². The minimum absolute atomic E-state index is 0.938. The number of hydrogen-bond acceptors (Lipinski definition) is 1. The molecule has 0 saturated heterocycles. The van der Waals surface area contributed by atoms with Gasteiger partial charge in [-0.2, -0.15) is 4.40 Å². The molecule has 0 spiro atoms. The van der Waals surface area contributed by atoms with Crippen LogP contribution in [0.2, 0.25) is 0 Å². The standard InChI is InChI=1S/C19H12NO/c1-2-4-16-12-20-7-5-14-11-19-15(6-8-21-19)9-17(14)18(20)10-13(16)3-1/h1-12H/q+1. The summed E-state index contributed by atoms with van der Waals surface area (Å²) in [6.07, 6.45) is 6.04. The summed E-state index contributed by atoms with van der Waals surface area (Å²) in [6.45, 7) is 0. The molecule has 5 aromatic rings. The van der Waals surface area contributed by atoms with Crippen molar-refractivity contribution in [2.75, 3.05) is 0 Å². The number of aromatic nitrogens is 1. The van der Waals surface area contributed by atoms with E-state index >= 15 is 0 Å². The number of rotatable bonds is 0. The van der Waals surface area contributed by atoms with E-state index in [9.17, 15) is 0 Å². The minimum atomic E-state index is 0.938. The Morgan fingerprint density at radius 2 is 1.67 bits per heavy atom. The first-order chi connectivity index (χ1) is 10.4. The van der Waals surface area contributed by atoms with Crippen LogP contribution in [0.4, 0.5) is 0 Å². The molecule has 0 N–H and O–H groups in total. The van der Waals surface area contributed by atoms with Crippen LogP contribution in [0.25, 0.3) is 38.0 Å². The highest BCUT2D eigenvalue weighted by molar-refractivity contribution is 6.03. The summed E-state index contributed by atoms with van der Waals surface area (Å²) in [5.41, 5.74) is 2.15. The predicted molar refractivity (Wildman–Crippen MR) is 84.4 cm³/mol. The van der Waals surface area contributed by atoms with Gasteiger partial charge in [-0.1, -0.05) is 18.2 Å². The Morgan fingerprint density at radius 1 is 0.762 bits per heavy atom. The molecule has 0 saturated carbocycles. The van der Waals surface area contributed by atoms with Crippen molar-refractivity contribution < 1.29 is 8.82 Å². The fourth-order valence-corrected chi connectivity index (χ4v) is 3.09. The highest BCUT2D eigenvalue weighted by atomic mass is 16.3. The largest absolute Gasteiger partial charge is 0.464 e. The van der Waals surface area contributed by atoms with Gasteiger partial charge in [0.2, 0.25) is 5.52 Å². The van der Waals surface area contributed by atoms with E-state index in [1.54, 1.807) is 6.26 Å². The highest BCUT2D eigenvalue weighted by Gasteiger charge is 2.11. The van der Waals surface area contributed by atoms with E-state index < -0.39 is 0 Å². The maximum Gasteiger partial charge on any atom is 0.219 e. The second kappa shape index (κ2) is 3.83. The smallest absolute Gasteiger partial charge is 0.219 e. The molecule has 3 aromatic heterocycles. The number of hydrogen-bond donors (Lipinski definition) is 0. The van der Waals surface area contributed by atoms with Crippen LogP contribution < -0.4 is 4.40 Å². The zero-order chi connectivity index (χ0) is 13.8. The van der Waals surface area contributed by atoms with Crippen LogP contribution in [-0.2, 0) is 0 Å². The summed E-state index contributed by atoms with van der Waals surface area (Å²) >= 11 is 0. The summed E-state index contributed by atoms with van der Waals surface area (Å²) in [4.78, 5) is 0. The SMILES string of the molecule is c1ccc2c[n+]3ccc4cc5occc5cc4c3cc2c1. The summed E-state index contributed by atoms with van der Waals surface area (Å²) < 4.78 is 7.69. The van der Waals surface area contributed by atoms with Crippen LogP contribution >= 0.6 is 0 Å². The molecule has 2 nitrogen and oxygen atoms in total. The van der Waals surface area contributed by atoms with Crippen molar-refractivity contribution in [1.29, 1.82) is 0 Å². The van der Waals surface area contributed by atoms with Gasteiger partial charge in [0.15, 0.2) is 12.4 Å². The van der Waals surface area contributed by atoms with Crippen LogP contribution in [0.1, 0.15) is 0 Å². The van der Waals surface area contributed by atoms with Gasteiger partial charge < -0.3 is 4.42 Å². The molecule has 0 radical (unpaired) electrons. The molecule has 5 rings (SSSR count). The second-order valence-electron chi connectivity index (χ2n) is 5.41. The van der Waals surface area contributed by atoms with Gasteiger partial charge in [-0.05, 0) is 35.0 Å². The van der Waals surface area contributed by atoms with Gasteiger partial charge in [-0.25, -0.2) is 0 Å². The number of fused-ring (bicyclic) bond motifs is 5. The van der Waals surface area contributed by atoms with Crippen molar-refractivity contribution in [3.8, 4) is 0 Å². The quantitative estimate of drug-likeness (QED) is 0.230. The molecule has 0 unspecified atom stereocenters. The molecular formula is C19H12NO+. The predicted octanol–water partition coefficient (Wildman–Crippen LogP) is 4.48. The summed E-state index contributed by atoms with van der Waals surface area (Å²) in [6, 6.07) is 19.2. The maximum atomic E-state index is 5.50. The number of nitrogens with zero attached hydrogens (tertiary/aromatic N) is 1. The Morgan fingerprint density at radius 3 is 2.62 bits per heavy atom. The molecule has 0 atom stereocenters. The molecule has 0 aliphatic heterocycles. The lowest BCUT2D eigenvalue weighted by atomic mass is 10.1. The lowest BCUT2D eigenvalue weighted by Crippen LogP contribution is -2.20. The van der Waals surface area contributed by atoms with Crippen molar-refractivity contribution in [2.45, 2.75) is 0 Å². The molecule has 2 heteroatoms. The first-order valence-corrected chi connectivity index (χ1v) is 7.02. The van der Waals surface area contributed by atoms with E-state index in [1.165, 1.54) is 27.1 Å². The number of benzene rings is 2. The lowest BCUT2D eigenvalue weighted by molar-refractivity contribution is -0.509. The number of furan rings is 1. The van der Waals surface area contributed by atoms with Gasteiger partial charge in [0.25, 0.3) is 0 Å². The van der Waals surface area contributed by atoms with E-state index in [1.807, 2.05) is 6.07 Å². The van der Waals surface area contributed by atoms with Gasteiger partial charge in [0, 0.05) is 22.9 Å². The van der Waals surface area contributed by atoms with Crippen LogP contribution in [0, 0.1) is 0 Å². The molecule has 0 amide bonds. The lowest BCUT2D eigenvalue weighted by Gasteiger charge is -2.01. The van der Waals surface area contributed by atoms with Gasteiger partial charge >= 0.3 is 0 Å². The first kappa shape index (κ1) is 10.9. The van der Waals surface area contributed by atoms with Gasteiger partial charge in [0.1, 0.15) is 5.58 Å². The fourth-order valence-electron chi connectivity index (χ4n) is 3.09. The third-order valence-corrected chi connectivity index (χ3v) is 4.16. The molecule has 21 heavy (non-hydrogen) atoms. The Balaban J connectivity index is 2.03. The van der Waals surface area contributed by atoms with Gasteiger partial charge in [0.05, 0.1) is 11.6 Å². The minimum Gasteiger partial charge on any atom is -0.464 e. The van der Waals surface area contributed by atoms with Gasteiger partial charge in [-0.15, -0.1) is 0 Å². The maximum absolute atomic E-state index is 5.50. The van der Waals surface area contributed by atoms with E-state index in [2.05, 4.69) is 65.3 Å².